The molecule has 1 aromatic heterocycles. The van der Waals surface area contributed by atoms with Crippen LogP contribution in [-0.2, 0) is 11.8 Å². The molecule has 3 rings (SSSR count). The molecule has 3 N–H and O–H groups in total. The lowest BCUT2D eigenvalue weighted by Crippen LogP contribution is -2.42. The van der Waals surface area contributed by atoms with Crippen LogP contribution in [-0.4, -0.2) is 34.2 Å². The van der Waals surface area contributed by atoms with Crippen LogP contribution in [0.1, 0.15) is 30.3 Å². The summed E-state index contributed by atoms with van der Waals surface area (Å²) in [6.45, 7) is 2.25. The lowest BCUT2D eigenvalue weighted by Gasteiger charge is -2.10. The molecule has 0 radical (unpaired) electrons. The van der Waals surface area contributed by atoms with Crippen molar-refractivity contribution in [3.8, 4) is 5.75 Å². The van der Waals surface area contributed by atoms with E-state index in [0.29, 0.717) is 29.1 Å². The molecule has 1 aliphatic rings. The van der Waals surface area contributed by atoms with Gasteiger partial charge in [-0.25, -0.2) is 0 Å². The van der Waals surface area contributed by atoms with Crippen molar-refractivity contribution < 1.29 is 14.3 Å². The Hall–Kier alpha value is -2.57. The standard InChI is InChI=1S/C16H20N4O3/c1-9(15(17)21)18-16(22)14-12-7-11(23-8-10-3-4-10)5-6-13(12)19-20(14)2/h5-7,9-10H,3-4,8H2,1-2H3,(H2,17,21)(H,18,22)/t9-/m1/s1. The predicted molar refractivity (Wildman–Crippen MR) is 85.1 cm³/mol. The quantitative estimate of drug-likeness (QED) is 0.829. The third kappa shape index (κ3) is 3.28. The zero-order valence-electron chi connectivity index (χ0n) is 13.2. The van der Waals surface area contributed by atoms with Crippen molar-refractivity contribution in [1.82, 2.24) is 15.1 Å². The van der Waals surface area contributed by atoms with Crippen LogP contribution < -0.4 is 15.8 Å². The highest BCUT2D eigenvalue weighted by atomic mass is 16.5. The van der Waals surface area contributed by atoms with Crippen molar-refractivity contribution in [1.29, 1.82) is 0 Å². The molecule has 122 valence electrons. The van der Waals surface area contributed by atoms with Crippen molar-refractivity contribution >= 4 is 22.7 Å². The smallest absolute Gasteiger partial charge is 0.270 e. The van der Waals surface area contributed by atoms with E-state index in [2.05, 4.69) is 10.4 Å². The van der Waals surface area contributed by atoms with Crippen LogP contribution in [0.5, 0.6) is 5.75 Å². The number of benzene rings is 1. The molecule has 0 spiro atoms. The van der Waals surface area contributed by atoms with Crippen molar-refractivity contribution in [2.24, 2.45) is 18.7 Å². The molecule has 1 aromatic carbocycles. The Morgan fingerprint density at radius 3 is 2.87 bits per heavy atom. The van der Waals surface area contributed by atoms with Gasteiger partial charge in [0.15, 0.2) is 0 Å². The van der Waals surface area contributed by atoms with Crippen molar-refractivity contribution in [2.45, 2.75) is 25.8 Å². The van der Waals surface area contributed by atoms with E-state index in [0.717, 1.165) is 5.75 Å². The summed E-state index contributed by atoms with van der Waals surface area (Å²) in [7, 11) is 1.69. The van der Waals surface area contributed by atoms with E-state index in [1.54, 1.807) is 14.0 Å². The maximum atomic E-state index is 12.4. The molecule has 1 fully saturated rings. The van der Waals surface area contributed by atoms with Gasteiger partial charge in [-0.2, -0.15) is 5.10 Å². The number of hydrogen-bond donors (Lipinski definition) is 2. The number of primary amides is 1. The highest BCUT2D eigenvalue weighted by Gasteiger charge is 2.23. The molecule has 1 heterocycles. The van der Waals surface area contributed by atoms with Crippen LogP contribution in [0, 0.1) is 5.92 Å². The number of aromatic nitrogens is 2. The fourth-order valence-corrected chi connectivity index (χ4v) is 2.37. The van der Waals surface area contributed by atoms with Crippen LogP contribution in [0.25, 0.3) is 10.9 Å². The zero-order valence-corrected chi connectivity index (χ0v) is 13.2. The molecular formula is C16H20N4O3. The number of carbonyl (C=O) groups is 2. The molecule has 0 unspecified atom stereocenters. The van der Waals surface area contributed by atoms with E-state index in [-0.39, 0.29) is 5.91 Å². The summed E-state index contributed by atoms with van der Waals surface area (Å²) in [5.74, 6) is 0.395. The maximum absolute atomic E-state index is 12.4. The van der Waals surface area contributed by atoms with Crippen molar-refractivity contribution in [3.05, 3.63) is 23.9 Å². The third-order valence-electron chi connectivity index (χ3n) is 3.98. The number of amides is 2. The normalized spacial score (nSPS) is 15.4. The number of nitrogens with one attached hydrogen (secondary N) is 1. The van der Waals surface area contributed by atoms with Gasteiger partial charge in [-0.15, -0.1) is 0 Å². The second kappa shape index (κ2) is 5.91. The maximum Gasteiger partial charge on any atom is 0.270 e. The fraction of sp³-hybridized carbons (Fsp3) is 0.438. The highest BCUT2D eigenvalue weighted by molar-refractivity contribution is 6.06. The average Bonchev–Trinajstić information content (AvgIpc) is 3.26. The van der Waals surface area contributed by atoms with Crippen LogP contribution in [0.4, 0.5) is 0 Å². The van der Waals surface area contributed by atoms with Crippen molar-refractivity contribution in [3.63, 3.8) is 0 Å². The Balaban J connectivity index is 1.87. The Labute approximate surface area is 133 Å². The van der Waals surface area contributed by atoms with Crippen LogP contribution >= 0.6 is 0 Å². The fourth-order valence-electron chi connectivity index (χ4n) is 2.37. The number of carbonyl (C=O) groups excluding carboxylic acids is 2. The molecule has 23 heavy (non-hydrogen) atoms. The molecule has 0 saturated heterocycles. The minimum atomic E-state index is -0.748. The molecule has 7 heteroatoms. The van der Waals surface area contributed by atoms with Gasteiger partial charge in [-0.05, 0) is 43.9 Å². The lowest BCUT2D eigenvalue weighted by atomic mass is 10.2. The summed E-state index contributed by atoms with van der Waals surface area (Å²) >= 11 is 0. The summed E-state index contributed by atoms with van der Waals surface area (Å²) in [4.78, 5) is 23.5. The molecule has 7 nitrogen and oxygen atoms in total. The van der Waals surface area contributed by atoms with E-state index in [1.165, 1.54) is 17.5 Å². The third-order valence-corrected chi connectivity index (χ3v) is 3.98. The number of hydrogen-bond acceptors (Lipinski definition) is 4. The minimum Gasteiger partial charge on any atom is -0.493 e. The summed E-state index contributed by atoms with van der Waals surface area (Å²) in [6.07, 6.45) is 2.43. The van der Waals surface area contributed by atoms with Gasteiger partial charge in [0.2, 0.25) is 5.91 Å². The Morgan fingerprint density at radius 2 is 2.22 bits per heavy atom. The number of rotatable bonds is 6. The molecular weight excluding hydrogens is 296 g/mol. The van der Waals surface area contributed by atoms with Crippen LogP contribution in [0.2, 0.25) is 0 Å². The lowest BCUT2D eigenvalue weighted by molar-refractivity contribution is -0.119. The number of aryl methyl sites for hydroxylation is 1. The molecule has 0 aliphatic heterocycles. The average molecular weight is 316 g/mol. The largest absolute Gasteiger partial charge is 0.493 e. The summed E-state index contributed by atoms with van der Waals surface area (Å²) in [6, 6.07) is 4.74. The topological polar surface area (TPSA) is 99.2 Å². The monoisotopic (exact) mass is 316 g/mol. The van der Waals surface area contributed by atoms with Gasteiger partial charge in [-0.1, -0.05) is 0 Å². The summed E-state index contributed by atoms with van der Waals surface area (Å²) in [5, 5.41) is 7.59. The number of fused-ring (bicyclic) bond motifs is 1. The Bertz CT molecular complexity index is 764. The van der Waals surface area contributed by atoms with E-state index in [9.17, 15) is 9.59 Å². The van der Waals surface area contributed by atoms with E-state index < -0.39 is 11.9 Å². The van der Waals surface area contributed by atoms with Gasteiger partial charge in [0.25, 0.3) is 5.91 Å². The van der Waals surface area contributed by atoms with E-state index in [4.69, 9.17) is 10.5 Å². The molecule has 1 aliphatic carbocycles. The Kier molecular flexibility index (Phi) is 3.94. The number of nitrogens with zero attached hydrogens (tertiary/aromatic N) is 2. The summed E-state index contributed by atoms with van der Waals surface area (Å²) < 4.78 is 7.26. The van der Waals surface area contributed by atoms with Crippen LogP contribution in [0.3, 0.4) is 0 Å². The van der Waals surface area contributed by atoms with Crippen molar-refractivity contribution in [2.75, 3.05) is 6.61 Å². The number of nitrogens with two attached hydrogens (primary N) is 1. The van der Waals surface area contributed by atoms with Gasteiger partial charge in [0, 0.05) is 12.4 Å². The predicted octanol–water partition coefficient (Wildman–Crippen LogP) is 0.966. The molecule has 2 aromatic rings. The molecule has 2 amide bonds. The number of ether oxygens (including phenoxy) is 1. The zero-order chi connectivity index (χ0) is 16.6. The first-order valence-electron chi connectivity index (χ1n) is 7.65. The first kappa shape index (κ1) is 15.3. The first-order valence-corrected chi connectivity index (χ1v) is 7.65. The second-order valence-corrected chi connectivity index (χ2v) is 6.00. The second-order valence-electron chi connectivity index (χ2n) is 6.00. The molecule has 1 atom stereocenters. The summed E-state index contributed by atoms with van der Waals surface area (Å²) in [5.41, 5.74) is 6.27. The SMILES string of the molecule is C[C@@H](NC(=O)c1c2cc(OCC3CC3)ccc2nn1C)C(N)=O. The van der Waals surface area contributed by atoms with Gasteiger partial charge in [0.05, 0.1) is 12.1 Å². The van der Waals surface area contributed by atoms with Crippen LogP contribution in [0.15, 0.2) is 18.2 Å². The van der Waals surface area contributed by atoms with Gasteiger partial charge in [0.1, 0.15) is 17.5 Å². The highest BCUT2D eigenvalue weighted by Crippen LogP contribution is 2.30. The van der Waals surface area contributed by atoms with E-state index in [1.807, 2.05) is 18.2 Å². The van der Waals surface area contributed by atoms with Gasteiger partial charge >= 0.3 is 0 Å². The Morgan fingerprint density at radius 1 is 1.48 bits per heavy atom. The molecule has 1 saturated carbocycles. The van der Waals surface area contributed by atoms with Gasteiger partial charge < -0.3 is 15.8 Å². The van der Waals surface area contributed by atoms with Gasteiger partial charge in [-0.3, -0.25) is 14.3 Å². The minimum absolute atomic E-state index is 0.380. The van der Waals surface area contributed by atoms with E-state index >= 15 is 0 Å². The molecule has 0 bridgehead atoms. The first-order chi connectivity index (χ1) is 11.0.